The molecule has 4 aliphatic carbocycles. The van der Waals surface area contributed by atoms with Gasteiger partial charge in [-0.3, -0.25) is 14.5 Å². The average molecular weight is 416 g/mol. The molecule has 0 amide bonds. The highest BCUT2D eigenvalue weighted by Crippen LogP contribution is 2.65. The third-order valence-corrected chi connectivity index (χ3v) is 10.6. The van der Waals surface area contributed by atoms with Crippen molar-refractivity contribution in [1.29, 1.82) is 0 Å². The molecule has 3 unspecified atom stereocenters. The summed E-state index contributed by atoms with van der Waals surface area (Å²) < 4.78 is 5.76. The zero-order valence-corrected chi connectivity index (χ0v) is 19.3. The van der Waals surface area contributed by atoms with Crippen molar-refractivity contribution in [2.45, 2.75) is 110 Å². The first-order valence-electron chi connectivity index (χ1n) is 12.8. The highest BCUT2D eigenvalue weighted by Gasteiger charge is 2.60. The molecule has 1 heterocycles. The molecule has 0 aromatic heterocycles. The molecule has 0 aromatic rings. The van der Waals surface area contributed by atoms with E-state index in [0.29, 0.717) is 23.2 Å². The summed E-state index contributed by atoms with van der Waals surface area (Å²) in [4.78, 5) is 27.0. The molecule has 0 N–H and O–H groups in total. The van der Waals surface area contributed by atoms with Crippen molar-refractivity contribution >= 4 is 11.8 Å². The Bertz CT molecular complexity index is 706. The summed E-state index contributed by atoms with van der Waals surface area (Å²) in [5.74, 6) is 3.42. The zero-order valence-electron chi connectivity index (χ0n) is 19.3. The predicted molar refractivity (Wildman–Crippen MR) is 117 cm³/mol. The minimum Gasteiger partial charge on any atom is -0.447 e. The minimum atomic E-state index is -0.137. The van der Waals surface area contributed by atoms with E-state index in [-0.39, 0.29) is 17.6 Å². The number of fused-ring (bicyclic) bond motifs is 5. The molecule has 0 bridgehead atoms. The lowest BCUT2D eigenvalue weighted by Gasteiger charge is -2.61. The second-order valence-corrected chi connectivity index (χ2v) is 11.8. The molecule has 8 atom stereocenters. The molecule has 168 valence electrons. The smallest absolute Gasteiger partial charge is 0.304 e. The number of hydrogen-bond acceptors (Lipinski definition) is 4. The molecular formula is C26H41NO3. The molecule has 5 aliphatic rings. The van der Waals surface area contributed by atoms with Gasteiger partial charge in [0.15, 0.2) is 6.23 Å². The van der Waals surface area contributed by atoms with Crippen LogP contribution < -0.4 is 0 Å². The van der Waals surface area contributed by atoms with E-state index in [1.165, 1.54) is 51.4 Å². The molecule has 1 saturated heterocycles. The van der Waals surface area contributed by atoms with Gasteiger partial charge in [0.25, 0.3) is 0 Å². The average Bonchev–Trinajstić information content (AvgIpc) is 3.02. The number of ketones is 1. The molecule has 4 nitrogen and oxygen atoms in total. The van der Waals surface area contributed by atoms with E-state index in [1.54, 1.807) is 6.92 Å². The van der Waals surface area contributed by atoms with Gasteiger partial charge in [-0.2, -0.15) is 0 Å². The van der Waals surface area contributed by atoms with Crippen LogP contribution in [0.15, 0.2) is 0 Å². The van der Waals surface area contributed by atoms with Gasteiger partial charge in [-0.05, 0) is 99.7 Å². The Balaban J connectivity index is 1.37. The van der Waals surface area contributed by atoms with Crippen LogP contribution in [0, 0.1) is 34.5 Å². The first kappa shape index (κ1) is 21.0. The maximum atomic E-state index is 12.7. The largest absolute Gasteiger partial charge is 0.447 e. The van der Waals surface area contributed by atoms with Gasteiger partial charge in [0, 0.05) is 31.3 Å². The Morgan fingerprint density at radius 1 is 1.00 bits per heavy atom. The van der Waals surface area contributed by atoms with Crippen LogP contribution in [0.4, 0.5) is 0 Å². The minimum absolute atomic E-state index is 0.0112. The lowest BCUT2D eigenvalue weighted by atomic mass is 9.45. The zero-order chi connectivity index (χ0) is 21.1. The standard InChI is InChI=1S/C26H41NO3/c1-17(28)30-24-6-4-5-15-27(24)19-9-7-18-8-10-20-21-11-12-23(29)25(21,2)14-13-22(20)26(18,3)16-19/h18-22,24H,4-16H2,1-3H3/t18?,19?,20-,21-,22+,24?,25-,26-/m0/s1. The topological polar surface area (TPSA) is 46.6 Å². The Morgan fingerprint density at radius 2 is 1.80 bits per heavy atom. The van der Waals surface area contributed by atoms with E-state index in [4.69, 9.17) is 4.74 Å². The van der Waals surface area contributed by atoms with E-state index in [2.05, 4.69) is 18.7 Å². The molecule has 0 spiro atoms. The number of esters is 1. The normalized spacial score (nSPS) is 49.1. The fraction of sp³-hybridized carbons (Fsp3) is 0.923. The quantitative estimate of drug-likeness (QED) is 0.571. The third-order valence-electron chi connectivity index (χ3n) is 10.6. The lowest BCUT2D eigenvalue weighted by Crippen LogP contribution is -2.58. The van der Waals surface area contributed by atoms with Crippen molar-refractivity contribution in [3.63, 3.8) is 0 Å². The van der Waals surface area contributed by atoms with Crippen LogP contribution in [0.25, 0.3) is 0 Å². The van der Waals surface area contributed by atoms with Crippen molar-refractivity contribution in [3.05, 3.63) is 0 Å². The van der Waals surface area contributed by atoms with Crippen LogP contribution in [0.5, 0.6) is 0 Å². The highest BCUT2D eigenvalue weighted by molar-refractivity contribution is 5.87. The molecule has 4 saturated carbocycles. The Kier molecular flexibility index (Phi) is 5.31. The predicted octanol–water partition coefficient (Wildman–Crippen LogP) is 5.34. The van der Waals surface area contributed by atoms with Crippen molar-refractivity contribution in [2.24, 2.45) is 34.5 Å². The fourth-order valence-corrected chi connectivity index (χ4v) is 9.04. The highest BCUT2D eigenvalue weighted by atomic mass is 16.6. The van der Waals surface area contributed by atoms with Crippen LogP contribution in [-0.2, 0) is 14.3 Å². The van der Waals surface area contributed by atoms with E-state index < -0.39 is 0 Å². The maximum absolute atomic E-state index is 12.7. The molecule has 0 radical (unpaired) electrons. The number of rotatable bonds is 2. The Morgan fingerprint density at radius 3 is 2.60 bits per heavy atom. The van der Waals surface area contributed by atoms with Gasteiger partial charge in [-0.15, -0.1) is 0 Å². The monoisotopic (exact) mass is 415 g/mol. The second-order valence-electron chi connectivity index (χ2n) is 11.8. The van der Waals surface area contributed by atoms with Crippen LogP contribution in [0.2, 0.25) is 0 Å². The van der Waals surface area contributed by atoms with Gasteiger partial charge in [-0.1, -0.05) is 13.8 Å². The van der Waals surface area contributed by atoms with Crippen molar-refractivity contribution in [3.8, 4) is 0 Å². The molecule has 5 rings (SSSR count). The molecule has 30 heavy (non-hydrogen) atoms. The summed E-state index contributed by atoms with van der Waals surface area (Å²) >= 11 is 0. The van der Waals surface area contributed by atoms with Crippen LogP contribution in [-0.4, -0.2) is 35.5 Å². The summed E-state index contributed by atoms with van der Waals surface area (Å²) in [6.45, 7) is 7.52. The maximum Gasteiger partial charge on any atom is 0.304 e. The van der Waals surface area contributed by atoms with Crippen LogP contribution in [0.1, 0.15) is 97.8 Å². The molecule has 1 aliphatic heterocycles. The molecule has 4 heteroatoms. The van der Waals surface area contributed by atoms with Gasteiger partial charge in [-0.25, -0.2) is 0 Å². The van der Waals surface area contributed by atoms with Crippen molar-refractivity contribution in [2.75, 3.05) is 6.54 Å². The summed E-state index contributed by atoms with van der Waals surface area (Å²) in [6.07, 6.45) is 14.3. The van der Waals surface area contributed by atoms with Gasteiger partial charge in [0.05, 0.1) is 0 Å². The first-order valence-corrected chi connectivity index (χ1v) is 12.8. The molecule has 5 fully saturated rings. The number of Topliss-reactive ketones (excluding diaryl/α,β-unsaturated/α-hetero) is 1. The van der Waals surface area contributed by atoms with Gasteiger partial charge in [0.1, 0.15) is 5.78 Å². The van der Waals surface area contributed by atoms with Crippen LogP contribution in [0.3, 0.4) is 0 Å². The van der Waals surface area contributed by atoms with Gasteiger partial charge < -0.3 is 4.74 Å². The van der Waals surface area contributed by atoms with Gasteiger partial charge >= 0.3 is 5.97 Å². The van der Waals surface area contributed by atoms with Crippen molar-refractivity contribution < 1.29 is 14.3 Å². The lowest BCUT2D eigenvalue weighted by molar-refractivity contribution is -0.172. The van der Waals surface area contributed by atoms with E-state index in [1.807, 2.05) is 0 Å². The van der Waals surface area contributed by atoms with E-state index >= 15 is 0 Å². The summed E-state index contributed by atoms with van der Waals surface area (Å²) in [7, 11) is 0. The van der Waals surface area contributed by atoms with Crippen LogP contribution >= 0.6 is 0 Å². The molecule has 0 aromatic carbocycles. The molecular weight excluding hydrogens is 374 g/mol. The Labute approximate surface area is 182 Å². The number of carbonyl (C=O) groups is 2. The van der Waals surface area contributed by atoms with Gasteiger partial charge in [0.2, 0.25) is 0 Å². The number of likely N-dealkylation sites (tertiary alicyclic amines) is 1. The van der Waals surface area contributed by atoms with Crippen molar-refractivity contribution in [1.82, 2.24) is 4.90 Å². The number of carbonyl (C=O) groups excluding carboxylic acids is 2. The number of piperidine rings is 1. The number of nitrogens with zero attached hydrogens (tertiary/aromatic N) is 1. The Hall–Kier alpha value is -0.900. The third kappa shape index (κ3) is 3.19. The summed E-state index contributed by atoms with van der Waals surface area (Å²) in [6, 6.07) is 0.549. The summed E-state index contributed by atoms with van der Waals surface area (Å²) in [5.41, 5.74) is 0.364. The fourth-order valence-electron chi connectivity index (χ4n) is 9.04. The summed E-state index contributed by atoms with van der Waals surface area (Å²) in [5, 5.41) is 0. The van der Waals surface area contributed by atoms with E-state index in [9.17, 15) is 9.59 Å². The SMILES string of the molecule is CC(=O)OC1CCCCN1C1CCC2CC[C@@H]3[C@@H](CC[C@]4(C)C(=O)CC[C@@H]34)[C@@]2(C)C1. The second kappa shape index (κ2) is 7.60. The number of hydrogen-bond donors (Lipinski definition) is 0. The van der Waals surface area contributed by atoms with E-state index in [0.717, 1.165) is 50.0 Å². The number of ether oxygens (including phenoxy) is 1. The first-order chi connectivity index (χ1) is 14.3.